The van der Waals surface area contributed by atoms with Crippen LogP contribution >= 0.6 is 0 Å². The van der Waals surface area contributed by atoms with E-state index in [0.29, 0.717) is 6.54 Å². The topological polar surface area (TPSA) is 58.6 Å². The number of carbonyl (C=O) groups is 2. The molecule has 0 saturated heterocycles. The maximum absolute atomic E-state index is 12.8. The molecule has 0 radical (unpaired) electrons. The lowest BCUT2D eigenvalue weighted by Crippen LogP contribution is -2.48. The summed E-state index contributed by atoms with van der Waals surface area (Å²) in [6, 6.07) is 16.5. The fraction of sp³-hybridized carbons (Fsp3) is 0.300. The lowest BCUT2D eigenvalue weighted by Gasteiger charge is -2.24. The van der Waals surface area contributed by atoms with Gasteiger partial charge in [0, 0.05) is 19.3 Å². The first-order valence-corrected chi connectivity index (χ1v) is 8.39. The highest BCUT2D eigenvalue weighted by Crippen LogP contribution is 2.28. The molecule has 0 unspecified atom stereocenters. The van der Waals surface area contributed by atoms with Crippen molar-refractivity contribution in [2.24, 2.45) is 0 Å². The SMILES string of the molecule is CO[C@@H](C(=O)N[C@@H](C)C(=O)N1CCc2ccccc21)c1ccccc1. The third-order valence-corrected chi connectivity index (χ3v) is 4.46. The number of nitrogens with one attached hydrogen (secondary N) is 1. The summed E-state index contributed by atoms with van der Waals surface area (Å²) >= 11 is 0. The standard InChI is InChI=1S/C20H22N2O3/c1-14(20(24)22-13-12-15-8-6-7-11-17(15)22)21-19(23)18(25-2)16-9-4-3-5-10-16/h3-11,14,18H,12-13H2,1-2H3,(H,21,23)/t14-,18+/m0/s1. The molecule has 0 bridgehead atoms. The van der Waals surface area contributed by atoms with E-state index < -0.39 is 12.1 Å². The second-order valence-corrected chi connectivity index (χ2v) is 6.13. The summed E-state index contributed by atoms with van der Waals surface area (Å²) in [5, 5.41) is 2.78. The zero-order valence-electron chi connectivity index (χ0n) is 14.4. The van der Waals surface area contributed by atoms with Crippen molar-refractivity contribution in [3.63, 3.8) is 0 Å². The van der Waals surface area contributed by atoms with Crippen molar-refractivity contribution in [1.29, 1.82) is 0 Å². The summed E-state index contributed by atoms with van der Waals surface area (Å²) in [6.45, 7) is 2.35. The number of ether oxygens (including phenoxy) is 1. The zero-order valence-corrected chi connectivity index (χ0v) is 14.4. The number of hydrogen-bond donors (Lipinski definition) is 1. The summed E-state index contributed by atoms with van der Waals surface area (Å²) in [4.78, 5) is 27.0. The van der Waals surface area contributed by atoms with Crippen molar-refractivity contribution in [1.82, 2.24) is 5.32 Å². The van der Waals surface area contributed by atoms with Crippen molar-refractivity contribution in [3.8, 4) is 0 Å². The van der Waals surface area contributed by atoms with Gasteiger partial charge in [0.2, 0.25) is 5.91 Å². The number of para-hydroxylation sites is 1. The number of fused-ring (bicyclic) bond motifs is 1. The van der Waals surface area contributed by atoms with E-state index in [1.54, 1.807) is 11.8 Å². The van der Waals surface area contributed by atoms with E-state index in [0.717, 1.165) is 23.2 Å². The summed E-state index contributed by atoms with van der Waals surface area (Å²) in [7, 11) is 1.49. The van der Waals surface area contributed by atoms with E-state index in [2.05, 4.69) is 5.32 Å². The Morgan fingerprint density at radius 3 is 2.48 bits per heavy atom. The molecule has 1 aliphatic heterocycles. The number of methoxy groups -OCH3 is 1. The summed E-state index contributed by atoms with van der Waals surface area (Å²) < 4.78 is 5.32. The van der Waals surface area contributed by atoms with Gasteiger partial charge >= 0.3 is 0 Å². The molecule has 0 aromatic heterocycles. The maximum atomic E-state index is 12.8. The third-order valence-electron chi connectivity index (χ3n) is 4.46. The molecule has 1 N–H and O–H groups in total. The van der Waals surface area contributed by atoms with Crippen LogP contribution in [0.3, 0.4) is 0 Å². The second kappa shape index (κ2) is 7.49. The van der Waals surface area contributed by atoms with E-state index in [-0.39, 0.29) is 11.8 Å². The average Bonchev–Trinajstić information content (AvgIpc) is 3.06. The minimum Gasteiger partial charge on any atom is -0.367 e. The van der Waals surface area contributed by atoms with Gasteiger partial charge in [0.25, 0.3) is 5.91 Å². The van der Waals surface area contributed by atoms with Crippen LogP contribution in [-0.4, -0.2) is 31.5 Å². The molecule has 2 atom stereocenters. The van der Waals surface area contributed by atoms with Crippen molar-refractivity contribution in [2.45, 2.75) is 25.5 Å². The predicted octanol–water partition coefficient (Wildman–Crippen LogP) is 2.47. The van der Waals surface area contributed by atoms with Crippen molar-refractivity contribution < 1.29 is 14.3 Å². The molecule has 0 aliphatic carbocycles. The Hall–Kier alpha value is -2.66. The monoisotopic (exact) mass is 338 g/mol. The molecule has 1 heterocycles. The number of rotatable bonds is 5. The highest BCUT2D eigenvalue weighted by atomic mass is 16.5. The first kappa shape index (κ1) is 17.2. The second-order valence-electron chi connectivity index (χ2n) is 6.13. The summed E-state index contributed by atoms with van der Waals surface area (Å²) in [5.41, 5.74) is 2.85. The Kier molecular flexibility index (Phi) is 5.14. The number of carbonyl (C=O) groups excluding carboxylic acids is 2. The molecule has 1 aliphatic rings. The molecule has 2 aromatic rings. The van der Waals surface area contributed by atoms with Gasteiger partial charge in [-0.3, -0.25) is 9.59 Å². The molecule has 130 valence electrons. The highest BCUT2D eigenvalue weighted by Gasteiger charge is 2.30. The molecular weight excluding hydrogens is 316 g/mol. The van der Waals surface area contributed by atoms with Crippen LogP contribution in [0, 0.1) is 0 Å². The van der Waals surface area contributed by atoms with Crippen LogP contribution in [0.2, 0.25) is 0 Å². The lowest BCUT2D eigenvalue weighted by molar-refractivity contribution is -0.134. The Morgan fingerprint density at radius 2 is 1.76 bits per heavy atom. The van der Waals surface area contributed by atoms with Gasteiger partial charge in [-0.15, -0.1) is 0 Å². The summed E-state index contributed by atoms with van der Waals surface area (Å²) in [5.74, 6) is -0.428. The van der Waals surface area contributed by atoms with Crippen molar-refractivity contribution >= 4 is 17.5 Å². The highest BCUT2D eigenvalue weighted by molar-refractivity contribution is 6.00. The quantitative estimate of drug-likeness (QED) is 0.911. The molecule has 0 fully saturated rings. The van der Waals surface area contributed by atoms with E-state index in [1.165, 1.54) is 7.11 Å². The molecule has 5 heteroatoms. The molecular formula is C20H22N2O3. The number of amides is 2. The predicted molar refractivity (Wildman–Crippen MR) is 96.3 cm³/mol. The molecule has 0 spiro atoms. The van der Waals surface area contributed by atoms with E-state index in [1.807, 2.05) is 54.6 Å². The molecule has 2 aromatic carbocycles. The van der Waals surface area contributed by atoms with E-state index in [4.69, 9.17) is 4.74 Å². The smallest absolute Gasteiger partial charge is 0.254 e. The fourth-order valence-electron chi connectivity index (χ4n) is 3.17. The van der Waals surface area contributed by atoms with Gasteiger partial charge in [-0.1, -0.05) is 48.5 Å². The van der Waals surface area contributed by atoms with Crippen LogP contribution < -0.4 is 10.2 Å². The first-order chi connectivity index (χ1) is 12.1. The van der Waals surface area contributed by atoms with Crippen molar-refractivity contribution in [2.75, 3.05) is 18.6 Å². The Morgan fingerprint density at radius 1 is 1.08 bits per heavy atom. The van der Waals surface area contributed by atoms with Gasteiger partial charge in [0.05, 0.1) is 0 Å². The van der Waals surface area contributed by atoms with Gasteiger partial charge in [0.15, 0.2) is 6.10 Å². The number of benzene rings is 2. The van der Waals surface area contributed by atoms with Crippen LogP contribution in [-0.2, 0) is 20.7 Å². The largest absolute Gasteiger partial charge is 0.367 e. The van der Waals surface area contributed by atoms with Gasteiger partial charge in [0.1, 0.15) is 6.04 Å². The maximum Gasteiger partial charge on any atom is 0.254 e. The first-order valence-electron chi connectivity index (χ1n) is 8.39. The number of hydrogen-bond acceptors (Lipinski definition) is 3. The molecule has 3 rings (SSSR count). The van der Waals surface area contributed by atoms with Crippen LogP contribution in [0.4, 0.5) is 5.69 Å². The normalized spacial score (nSPS) is 15.4. The molecule has 0 saturated carbocycles. The minimum absolute atomic E-state index is 0.110. The van der Waals surface area contributed by atoms with E-state index in [9.17, 15) is 9.59 Å². The zero-order chi connectivity index (χ0) is 17.8. The van der Waals surface area contributed by atoms with Gasteiger partial charge in [-0.2, -0.15) is 0 Å². The molecule has 2 amide bonds. The fourth-order valence-corrected chi connectivity index (χ4v) is 3.17. The molecule has 25 heavy (non-hydrogen) atoms. The third kappa shape index (κ3) is 3.56. The minimum atomic E-state index is -0.734. The average molecular weight is 338 g/mol. The Bertz CT molecular complexity index is 761. The number of nitrogens with zero attached hydrogens (tertiary/aromatic N) is 1. The number of anilines is 1. The van der Waals surface area contributed by atoms with Crippen LogP contribution in [0.15, 0.2) is 54.6 Å². The van der Waals surface area contributed by atoms with Gasteiger partial charge in [-0.25, -0.2) is 0 Å². The van der Waals surface area contributed by atoms with Crippen LogP contribution in [0.1, 0.15) is 24.2 Å². The Labute approximate surface area is 147 Å². The summed E-state index contributed by atoms with van der Waals surface area (Å²) in [6.07, 6.45) is 0.107. The van der Waals surface area contributed by atoms with Crippen LogP contribution in [0.5, 0.6) is 0 Å². The van der Waals surface area contributed by atoms with Gasteiger partial charge in [-0.05, 0) is 30.5 Å². The lowest BCUT2D eigenvalue weighted by atomic mass is 10.1. The van der Waals surface area contributed by atoms with Crippen molar-refractivity contribution in [3.05, 3.63) is 65.7 Å². The molecule has 5 nitrogen and oxygen atoms in total. The van der Waals surface area contributed by atoms with Crippen LogP contribution in [0.25, 0.3) is 0 Å². The van der Waals surface area contributed by atoms with Gasteiger partial charge < -0.3 is 15.0 Å². The van der Waals surface area contributed by atoms with E-state index >= 15 is 0 Å². The Balaban J connectivity index is 1.68.